The van der Waals surface area contributed by atoms with Gasteiger partial charge < -0.3 is 10.1 Å². The Kier molecular flexibility index (Phi) is 3.47. The predicted molar refractivity (Wildman–Crippen MR) is 75.9 cm³/mol. The zero-order valence-corrected chi connectivity index (χ0v) is 10.9. The Morgan fingerprint density at radius 1 is 1.40 bits per heavy atom. The summed E-state index contributed by atoms with van der Waals surface area (Å²) in [6.07, 6.45) is 5.58. The molecule has 0 bridgehead atoms. The fourth-order valence-electron chi connectivity index (χ4n) is 2.52. The lowest BCUT2D eigenvalue weighted by atomic mass is 10.1. The molecule has 6 nitrogen and oxygen atoms in total. The molecule has 1 aromatic heterocycles. The van der Waals surface area contributed by atoms with Crippen molar-refractivity contribution in [2.24, 2.45) is 0 Å². The number of nitro groups is 1. The van der Waals surface area contributed by atoms with E-state index in [1.165, 1.54) is 6.07 Å². The number of rotatable bonds is 4. The quantitative estimate of drug-likeness (QED) is 0.684. The molecule has 1 atom stereocenters. The fraction of sp³-hybridized carbons (Fsp3) is 0.357. The first-order valence-corrected chi connectivity index (χ1v) is 6.62. The number of hydrogen-bond donors (Lipinski definition) is 1. The van der Waals surface area contributed by atoms with Crippen molar-refractivity contribution in [1.29, 1.82) is 0 Å². The van der Waals surface area contributed by atoms with Crippen LogP contribution in [0.2, 0.25) is 0 Å². The molecule has 1 aliphatic rings. The molecule has 1 fully saturated rings. The Bertz CT molecular complexity index is 639. The Labute approximate surface area is 115 Å². The second kappa shape index (κ2) is 5.42. The molecule has 1 aliphatic heterocycles. The van der Waals surface area contributed by atoms with Gasteiger partial charge in [-0.3, -0.25) is 15.1 Å². The summed E-state index contributed by atoms with van der Waals surface area (Å²) < 4.78 is 5.56. The maximum absolute atomic E-state index is 11.0. The Balaban J connectivity index is 1.91. The molecule has 0 amide bonds. The Hall–Kier alpha value is -2.21. The third-order valence-electron chi connectivity index (χ3n) is 3.54. The van der Waals surface area contributed by atoms with Crippen molar-refractivity contribution in [3.63, 3.8) is 0 Å². The Morgan fingerprint density at radius 2 is 2.30 bits per heavy atom. The van der Waals surface area contributed by atoms with Crippen LogP contribution < -0.4 is 5.32 Å². The van der Waals surface area contributed by atoms with E-state index in [1.54, 1.807) is 24.5 Å². The molecule has 1 aromatic carbocycles. The van der Waals surface area contributed by atoms with E-state index < -0.39 is 0 Å². The van der Waals surface area contributed by atoms with Gasteiger partial charge in [0.15, 0.2) is 0 Å². The second-order valence-electron chi connectivity index (χ2n) is 4.83. The summed E-state index contributed by atoms with van der Waals surface area (Å²) in [4.78, 5) is 14.7. The highest BCUT2D eigenvalue weighted by molar-refractivity contribution is 5.99. The standard InChI is InChI=1S/C14H15N3O3/c18-17(19)14-4-3-13(12-9-15-6-5-11(12)14)16-8-10-2-1-7-20-10/h3-6,9-10,16H,1-2,7-8H2. The molecular formula is C14H15N3O3. The summed E-state index contributed by atoms with van der Waals surface area (Å²) in [6, 6.07) is 4.93. The van der Waals surface area contributed by atoms with Crippen LogP contribution in [0.1, 0.15) is 12.8 Å². The van der Waals surface area contributed by atoms with Crippen molar-refractivity contribution < 1.29 is 9.66 Å². The third-order valence-corrected chi connectivity index (χ3v) is 3.54. The van der Waals surface area contributed by atoms with Gasteiger partial charge in [-0.05, 0) is 25.0 Å². The van der Waals surface area contributed by atoms with Crippen LogP contribution in [0.25, 0.3) is 10.8 Å². The topological polar surface area (TPSA) is 77.3 Å². The van der Waals surface area contributed by atoms with Gasteiger partial charge in [0.1, 0.15) is 0 Å². The van der Waals surface area contributed by atoms with Gasteiger partial charge in [0.05, 0.1) is 16.4 Å². The number of hydrogen-bond acceptors (Lipinski definition) is 5. The zero-order valence-electron chi connectivity index (χ0n) is 10.9. The second-order valence-corrected chi connectivity index (χ2v) is 4.83. The van der Waals surface area contributed by atoms with Gasteiger partial charge in [-0.25, -0.2) is 0 Å². The molecule has 0 spiro atoms. The lowest BCUT2D eigenvalue weighted by molar-refractivity contribution is -0.383. The summed E-state index contributed by atoms with van der Waals surface area (Å²) in [6.45, 7) is 1.52. The molecule has 6 heteroatoms. The largest absolute Gasteiger partial charge is 0.382 e. The smallest absolute Gasteiger partial charge is 0.277 e. The average molecular weight is 273 g/mol. The SMILES string of the molecule is O=[N+]([O-])c1ccc(NCC2CCCO2)c2cnccc12. The van der Waals surface area contributed by atoms with Gasteiger partial charge >= 0.3 is 0 Å². The third kappa shape index (κ3) is 2.42. The molecule has 20 heavy (non-hydrogen) atoms. The van der Waals surface area contributed by atoms with E-state index in [-0.39, 0.29) is 16.7 Å². The highest BCUT2D eigenvalue weighted by Crippen LogP contribution is 2.30. The maximum Gasteiger partial charge on any atom is 0.277 e. The number of aromatic nitrogens is 1. The van der Waals surface area contributed by atoms with Crippen LogP contribution >= 0.6 is 0 Å². The molecule has 1 unspecified atom stereocenters. The van der Waals surface area contributed by atoms with E-state index >= 15 is 0 Å². The number of benzene rings is 1. The monoisotopic (exact) mass is 273 g/mol. The number of nitro benzene ring substituents is 1. The van der Waals surface area contributed by atoms with Crippen molar-refractivity contribution in [2.75, 3.05) is 18.5 Å². The summed E-state index contributed by atoms with van der Waals surface area (Å²) in [5.41, 5.74) is 0.958. The predicted octanol–water partition coefficient (Wildman–Crippen LogP) is 2.73. The zero-order chi connectivity index (χ0) is 13.9. The molecule has 1 N–H and O–H groups in total. The number of non-ortho nitro benzene ring substituents is 1. The van der Waals surface area contributed by atoms with Crippen LogP contribution in [0.3, 0.4) is 0 Å². The first-order chi connectivity index (χ1) is 9.75. The summed E-state index contributed by atoms with van der Waals surface area (Å²) >= 11 is 0. The molecule has 0 radical (unpaired) electrons. The minimum absolute atomic E-state index is 0.102. The van der Waals surface area contributed by atoms with Crippen molar-refractivity contribution in [3.8, 4) is 0 Å². The van der Waals surface area contributed by atoms with Crippen LogP contribution in [0.5, 0.6) is 0 Å². The number of nitrogens with one attached hydrogen (secondary N) is 1. The summed E-state index contributed by atoms with van der Waals surface area (Å²) in [5, 5.41) is 15.7. The molecular weight excluding hydrogens is 258 g/mol. The fourth-order valence-corrected chi connectivity index (χ4v) is 2.52. The molecule has 2 aromatic rings. The number of ether oxygens (including phenoxy) is 1. The van der Waals surface area contributed by atoms with Crippen molar-refractivity contribution in [3.05, 3.63) is 40.7 Å². The van der Waals surface area contributed by atoms with E-state index in [9.17, 15) is 10.1 Å². The van der Waals surface area contributed by atoms with E-state index in [2.05, 4.69) is 10.3 Å². The maximum atomic E-state index is 11.0. The number of nitrogens with zero attached hydrogens (tertiary/aromatic N) is 2. The van der Waals surface area contributed by atoms with E-state index in [0.717, 1.165) is 30.5 Å². The van der Waals surface area contributed by atoms with Gasteiger partial charge in [0.2, 0.25) is 0 Å². The van der Waals surface area contributed by atoms with Gasteiger partial charge in [-0.2, -0.15) is 0 Å². The molecule has 2 heterocycles. The van der Waals surface area contributed by atoms with Gasteiger partial charge in [0, 0.05) is 42.7 Å². The van der Waals surface area contributed by atoms with Gasteiger partial charge in [0.25, 0.3) is 5.69 Å². The van der Waals surface area contributed by atoms with Crippen LogP contribution in [-0.2, 0) is 4.74 Å². The van der Waals surface area contributed by atoms with Crippen molar-refractivity contribution in [2.45, 2.75) is 18.9 Å². The molecule has 0 aliphatic carbocycles. The summed E-state index contributed by atoms with van der Waals surface area (Å²) in [5.74, 6) is 0. The van der Waals surface area contributed by atoms with E-state index in [4.69, 9.17) is 4.74 Å². The van der Waals surface area contributed by atoms with Gasteiger partial charge in [-0.15, -0.1) is 0 Å². The number of anilines is 1. The van der Waals surface area contributed by atoms with Crippen LogP contribution in [0.15, 0.2) is 30.6 Å². The normalized spacial score (nSPS) is 18.3. The highest BCUT2D eigenvalue weighted by atomic mass is 16.6. The van der Waals surface area contributed by atoms with Crippen LogP contribution in [-0.4, -0.2) is 29.2 Å². The minimum Gasteiger partial charge on any atom is -0.382 e. The van der Waals surface area contributed by atoms with E-state index in [1.807, 2.05) is 0 Å². The van der Waals surface area contributed by atoms with E-state index in [0.29, 0.717) is 11.9 Å². The number of pyridine rings is 1. The van der Waals surface area contributed by atoms with Crippen molar-refractivity contribution >= 4 is 22.1 Å². The minimum atomic E-state index is -0.369. The van der Waals surface area contributed by atoms with Crippen molar-refractivity contribution in [1.82, 2.24) is 4.98 Å². The molecule has 104 valence electrons. The lowest BCUT2D eigenvalue weighted by Crippen LogP contribution is -2.18. The number of fused-ring (bicyclic) bond motifs is 1. The first-order valence-electron chi connectivity index (χ1n) is 6.62. The molecule has 3 rings (SSSR count). The van der Waals surface area contributed by atoms with Crippen LogP contribution in [0, 0.1) is 10.1 Å². The van der Waals surface area contributed by atoms with Gasteiger partial charge in [-0.1, -0.05) is 0 Å². The van der Waals surface area contributed by atoms with Crippen LogP contribution in [0.4, 0.5) is 11.4 Å². The summed E-state index contributed by atoms with van der Waals surface area (Å²) in [7, 11) is 0. The molecule has 0 saturated carbocycles. The Morgan fingerprint density at radius 3 is 3.05 bits per heavy atom. The average Bonchev–Trinajstić information content (AvgIpc) is 2.97. The first kappa shape index (κ1) is 12.8. The highest BCUT2D eigenvalue weighted by Gasteiger charge is 2.17. The molecule has 1 saturated heterocycles. The lowest BCUT2D eigenvalue weighted by Gasteiger charge is -2.13.